The van der Waals surface area contributed by atoms with Crippen LogP contribution in [0.4, 0.5) is 0 Å². The van der Waals surface area contributed by atoms with Gasteiger partial charge in [-0.1, -0.05) is 0 Å². The fraction of sp³-hybridized carbons (Fsp3) is 0.450. The molecule has 134 valence electrons. The molecule has 2 aromatic rings. The van der Waals surface area contributed by atoms with Crippen molar-refractivity contribution in [1.82, 2.24) is 9.88 Å². The predicted octanol–water partition coefficient (Wildman–Crippen LogP) is 3.09. The quantitative estimate of drug-likeness (QED) is 0.846. The molecular formula is C20H21N3O3. The first-order chi connectivity index (χ1) is 12.8. The second kappa shape index (κ2) is 7.20. The van der Waals surface area contributed by atoms with Crippen LogP contribution in [-0.4, -0.2) is 35.5 Å². The molecule has 1 aliphatic carbocycles. The normalized spacial score (nSPS) is 16.2. The summed E-state index contributed by atoms with van der Waals surface area (Å²) in [5.74, 6) is 0.861. The largest absolute Gasteiger partial charge is 0.467 e. The summed E-state index contributed by atoms with van der Waals surface area (Å²) in [7, 11) is 0. The van der Waals surface area contributed by atoms with Crippen molar-refractivity contribution in [2.24, 2.45) is 0 Å². The van der Waals surface area contributed by atoms with E-state index in [1.54, 1.807) is 6.26 Å². The zero-order chi connectivity index (χ0) is 17.9. The molecule has 0 bridgehead atoms. The van der Waals surface area contributed by atoms with Crippen LogP contribution in [0, 0.1) is 11.3 Å². The highest BCUT2D eigenvalue weighted by atomic mass is 16.5. The molecular weight excluding hydrogens is 330 g/mol. The third-order valence-electron chi connectivity index (χ3n) is 5.14. The Balaban J connectivity index is 1.62. The Morgan fingerprint density at radius 3 is 2.77 bits per heavy atom. The molecule has 1 aliphatic heterocycles. The maximum Gasteiger partial charge on any atom is 0.260 e. The molecule has 0 aromatic carbocycles. The average Bonchev–Trinajstić information content (AvgIpc) is 3.37. The van der Waals surface area contributed by atoms with Crippen LogP contribution in [0.2, 0.25) is 0 Å². The van der Waals surface area contributed by atoms with Crippen LogP contribution in [0.1, 0.15) is 42.4 Å². The number of fused-ring (bicyclic) bond motifs is 1. The van der Waals surface area contributed by atoms with E-state index in [1.807, 2.05) is 17.0 Å². The second-order valence-electron chi connectivity index (χ2n) is 6.77. The maximum absolute atomic E-state index is 12.4. The Kier molecular flexibility index (Phi) is 4.61. The van der Waals surface area contributed by atoms with E-state index in [0.29, 0.717) is 11.3 Å². The van der Waals surface area contributed by atoms with Crippen molar-refractivity contribution in [3.05, 3.63) is 35.1 Å². The highest BCUT2D eigenvalue weighted by Crippen LogP contribution is 2.37. The van der Waals surface area contributed by atoms with Gasteiger partial charge in [-0.2, -0.15) is 5.26 Å². The number of piperidine rings is 1. The van der Waals surface area contributed by atoms with Gasteiger partial charge in [-0.3, -0.25) is 4.79 Å². The van der Waals surface area contributed by atoms with Crippen molar-refractivity contribution < 1.29 is 13.9 Å². The van der Waals surface area contributed by atoms with Crippen molar-refractivity contribution in [1.29, 1.82) is 5.26 Å². The van der Waals surface area contributed by atoms with Crippen molar-refractivity contribution in [2.45, 2.75) is 38.5 Å². The van der Waals surface area contributed by atoms with E-state index in [2.05, 4.69) is 11.1 Å². The highest BCUT2D eigenvalue weighted by molar-refractivity contribution is 5.78. The minimum Gasteiger partial charge on any atom is -0.467 e. The number of amides is 1. The van der Waals surface area contributed by atoms with Crippen LogP contribution in [0.3, 0.4) is 0 Å². The molecule has 6 heteroatoms. The summed E-state index contributed by atoms with van der Waals surface area (Å²) >= 11 is 0. The number of hydrogen-bond donors (Lipinski definition) is 0. The molecule has 6 nitrogen and oxygen atoms in total. The van der Waals surface area contributed by atoms with Gasteiger partial charge >= 0.3 is 0 Å². The van der Waals surface area contributed by atoms with Crippen LogP contribution in [0.5, 0.6) is 5.88 Å². The molecule has 4 rings (SSSR count). The summed E-state index contributed by atoms with van der Waals surface area (Å²) in [6.07, 6.45) is 7.53. The molecule has 2 aromatic heterocycles. The number of carbonyl (C=O) groups excluding carboxylic acids is 1. The molecule has 0 unspecified atom stereocenters. The molecule has 2 aliphatic rings. The lowest BCUT2D eigenvalue weighted by Gasteiger charge is -2.26. The molecule has 0 atom stereocenters. The number of furan rings is 1. The minimum atomic E-state index is -0.0853. The molecule has 1 fully saturated rings. The molecule has 0 N–H and O–H groups in total. The third-order valence-corrected chi connectivity index (χ3v) is 5.14. The number of hydrogen-bond acceptors (Lipinski definition) is 5. The molecule has 1 saturated heterocycles. The minimum absolute atomic E-state index is 0.0459. The summed E-state index contributed by atoms with van der Waals surface area (Å²) < 4.78 is 11.3. The lowest BCUT2D eigenvalue weighted by molar-refractivity contribution is -0.134. The number of carbonyl (C=O) groups is 1. The van der Waals surface area contributed by atoms with E-state index in [-0.39, 0.29) is 18.4 Å². The smallest absolute Gasteiger partial charge is 0.260 e. The van der Waals surface area contributed by atoms with Gasteiger partial charge in [0.1, 0.15) is 17.3 Å². The van der Waals surface area contributed by atoms with E-state index >= 15 is 0 Å². The average molecular weight is 351 g/mol. The Bertz CT molecular complexity index is 846. The molecule has 0 spiro atoms. The first-order valence-corrected chi connectivity index (χ1v) is 9.18. The Morgan fingerprint density at radius 2 is 2.04 bits per heavy atom. The summed E-state index contributed by atoms with van der Waals surface area (Å²) in [4.78, 5) is 18.8. The number of nitriles is 1. The summed E-state index contributed by atoms with van der Waals surface area (Å²) in [6.45, 7) is 1.48. The Morgan fingerprint density at radius 1 is 1.23 bits per heavy atom. The van der Waals surface area contributed by atoms with Crippen LogP contribution in [0.25, 0.3) is 11.5 Å². The monoisotopic (exact) mass is 351 g/mol. The topological polar surface area (TPSA) is 79.4 Å². The van der Waals surface area contributed by atoms with Crippen molar-refractivity contribution >= 4 is 5.91 Å². The van der Waals surface area contributed by atoms with Gasteiger partial charge in [0, 0.05) is 13.1 Å². The van der Waals surface area contributed by atoms with E-state index in [4.69, 9.17) is 9.15 Å². The fourth-order valence-corrected chi connectivity index (χ4v) is 3.84. The standard InChI is InChI=1S/C20H21N3O3/c21-12-16-14-6-4-7-15(14)19(17-8-5-11-25-17)22-20(16)26-13-18(24)23-9-2-1-3-10-23/h5,8,11H,1-4,6-7,9-10,13H2. The Labute approximate surface area is 152 Å². The van der Waals surface area contributed by atoms with Gasteiger partial charge in [0.05, 0.1) is 6.26 Å². The van der Waals surface area contributed by atoms with Gasteiger partial charge in [0.2, 0.25) is 5.88 Å². The lowest BCUT2D eigenvalue weighted by Crippen LogP contribution is -2.38. The van der Waals surface area contributed by atoms with Crippen molar-refractivity contribution in [2.75, 3.05) is 19.7 Å². The lowest BCUT2D eigenvalue weighted by atomic mass is 10.0. The SMILES string of the molecule is N#Cc1c(OCC(=O)N2CCCCC2)nc(-c2ccco2)c2c1CCC2. The van der Waals surface area contributed by atoms with E-state index in [1.165, 1.54) is 6.42 Å². The van der Waals surface area contributed by atoms with Gasteiger partial charge in [-0.05, 0) is 61.8 Å². The number of nitrogens with zero attached hydrogens (tertiary/aromatic N) is 3. The fourth-order valence-electron chi connectivity index (χ4n) is 3.84. The summed E-state index contributed by atoms with van der Waals surface area (Å²) in [6, 6.07) is 5.90. The van der Waals surface area contributed by atoms with Crippen LogP contribution >= 0.6 is 0 Å². The van der Waals surface area contributed by atoms with E-state index < -0.39 is 0 Å². The Hall–Kier alpha value is -2.81. The number of pyridine rings is 1. The first-order valence-electron chi connectivity index (χ1n) is 9.18. The zero-order valence-corrected chi connectivity index (χ0v) is 14.7. The van der Waals surface area contributed by atoms with Crippen molar-refractivity contribution in [3.63, 3.8) is 0 Å². The molecule has 3 heterocycles. The van der Waals surface area contributed by atoms with Gasteiger partial charge in [0.15, 0.2) is 12.4 Å². The van der Waals surface area contributed by atoms with Crippen LogP contribution in [-0.2, 0) is 17.6 Å². The predicted molar refractivity (Wildman–Crippen MR) is 94.6 cm³/mol. The van der Waals surface area contributed by atoms with Crippen LogP contribution < -0.4 is 4.74 Å². The number of aromatic nitrogens is 1. The second-order valence-corrected chi connectivity index (χ2v) is 6.77. The maximum atomic E-state index is 12.4. The zero-order valence-electron chi connectivity index (χ0n) is 14.7. The van der Waals surface area contributed by atoms with Gasteiger partial charge in [-0.15, -0.1) is 0 Å². The third kappa shape index (κ3) is 3.05. The molecule has 0 saturated carbocycles. The van der Waals surface area contributed by atoms with E-state index in [0.717, 1.165) is 62.0 Å². The number of rotatable bonds is 4. The van der Waals surface area contributed by atoms with E-state index in [9.17, 15) is 10.1 Å². The molecule has 1 amide bonds. The van der Waals surface area contributed by atoms with Crippen molar-refractivity contribution in [3.8, 4) is 23.4 Å². The molecule has 26 heavy (non-hydrogen) atoms. The highest BCUT2D eigenvalue weighted by Gasteiger charge is 2.27. The number of likely N-dealkylation sites (tertiary alicyclic amines) is 1. The van der Waals surface area contributed by atoms with Gasteiger partial charge in [-0.25, -0.2) is 4.98 Å². The first kappa shape index (κ1) is 16.6. The van der Waals surface area contributed by atoms with Gasteiger partial charge < -0.3 is 14.1 Å². The van der Waals surface area contributed by atoms with Gasteiger partial charge in [0.25, 0.3) is 5.91 Å². The van der Waals surface area contributed by atoms with Crippen LogP contribution in [0.15, 0.2) is 22.8 Å². The summed E-state index contributed by atoms with van der Waals surface area (Å²) in [5, 5.41) is 9.63. The molecule has 0 radical (unpaired) electrons. The number of ether oxygens (including phenoxy) is 1. The summed E-state index contributed by atoms with van der Waals surface area (Å²) in [5.41, 5.74) is 3.22.